The van der Waals surface area contributed by atoms with Crippen LogP contribution in [0.4, 0.5) is 5.69 Å². The molecule has 4 aromatic rings. The van der Waals surface area contributed by atoms with E-state index in [1.807, 2.05) is 31.2 Å². The summed E-state index contributed by atoms with van der Waals surface area (Å²) >= 11 is 0. The van der Waals surface area contributed by atoms with Gasteiger partial charge in [0.2, 0.25) is 5.91 Å². The smallest absolute Gasteiger partial charge is 0.330 e. The van der Waals surface area contributed by atoms with Gasteiger partial charge in [0.15, 0.2) is 5.65 Å². The Morgan fingerprint density at radius 3 is 2.53 bits per heavy atom. The first-order valence-corrected chi connectivity index (χ1v) is 11.2. The number of amides is 1. The van der Waals surface area contributed by atoms with Crippen LogP contribution in [0, 0.1) is 0 Å². The first-order chi connectivity index (χ1) is 16.4. The van der Waals surface area contributed by atoms with Gasteiger partial charge in [0.25, 0.3) is 5.56 Å². The Hall–Kier alpha value is -4.14. The molecule has 0 spiro atoms. The lowest BCUT2D eigenvalue weighted by Gasteiger charge is -2.17. The number of para-hydroxylation sites is 1. The quantitative estimate of drug-likeness (QED) is 0.320. The van der Waals surface area contributed by atoms with E-state index in [-0.39, 0.29) is 23.1 Å². The fourth-order valence-electron chi connectivity index (χ4n) is 4.03. The predicted octanol–water partition coefficient (Wildman–Crippen LogP) is 3.25. The SMILES string of the molecule is CCCCn1c(=O)[nH]c(=O)c2[nH]c(C(Cc3ccccc3O)c3ccc(NC(C)=O)cc3)nc21. The molecule has 0 aliphatic carbocycles. The summed E-state index contributed by atoms with van der Waals surface area (Å²) in [6, 6.07) is 14.4. The molecule has 1 atom stereocenters. The number of hydrogen-bond donors (Lipinski definition) is 4. The number of nitrogens with one attached hydrogen (secondary N) is 3. The average molecular weight is 462 g/mol. The van der Waals surface area contributed by atoms with Crippen molar-refractivity contribution in [3.05, 3.63) is 86.3 Å². The Balaban J connectivity index is 1.83. The first kappa shape index (κ1) is 23.0. The number of carbonyl (C=O) groups is 1. The maximum Gasteiger partial charge on any atom is 0.330 e. The Bertz CT molecular complexity index is 1430. The van der Waals surface area contributed by atoms with Gasteiger partial charge in [-0.2, -0.15) is 0 Å². The number of imidazole rings is 1. The lowest BCUT2D eigenvalue weighted by atomic mass is 9.90. The van der Waals surface area contributed by atoms with E-state index in [4.69, 9.17) is 4.98 Å². The fraction of sp³-hybridized carbons (Fsp3) is 0.280. The normalized spacial score (nSPS) is 12.1. The fourth-order valence-corrected chi connectivity index (χ4v) is 4.03. The third-order valence-corrected chi connectivity index (χ3v) is 5.77. The van der Waals surface area contributed by atoms with Crippen LogP contribution < -0.4 is 16.6 Å². The van der Waals surface area contributed by atoms with Crippen molar-refractivity contribution in [3.63, 3.8) is 0 Å². The van der Waals surface area contributed by atoms with Crippen LogP contribution in [0.25, 0.3) is 11.2 Å². The molecule has 176 valence electrons. The number of aromatic hydroxyl groups is 1. The van der Waals surface area contributed by atoms with Crippen LogP contribution in [0.5, 0.6) is 5.75 Å². The van der Waals surface area contributed by atoms with E-state index in [1.54, 1.807) is 24.3 Å². The summed E-state index contributed by atoms with van der Waals surface area (Å²) in [7, 11) is 0. The molecular weight excluding hydrogens is 434 g/mol. The van der Waals surface area contributed by atoms with Gasteiger partial charge in [-0.3, -0.25) is 19.1 Å². The van der Waals surface area contributed by atoms with Crippen molar-refractivity contribution in [2.45, 2.75) is 45.6 Å². The second kappa shape index (κ2) is 9.78. The van der Waals surface area contributed by atoms with Crippen molar-refractivity contribution in [2.24, 2.45) is 0 Å². The van der Waals surface area contributed by atoms with Gasteiger partial charge < -0.3 is 15.4 Å². The molecule has 0 radical (unpaired) electrons. The number of aryl methyl sites for hydroxylation is 1. The van der Waals surface area contributed by atoms with Crippen molar-refractivity contribution >= 4 is 22.8 Å². The molecular formula is C25H27N5O4. The zero-order chi connectivity index (χ0) is 24.2. The van der Waals surface area contributed by atoms with E-state index in [0.29, 0.717) is 30.1 Å². The zero-order valence-electron chi connectivity index (χ0n) is 19.1. The van der Waals surface area contributed by atoms with E-state index in [0.717, 1.165) is 24.0 Å². The second-order valence-electron chi connectivity index (χ2n) is 8.27. The molecule has 2 aromatic carbocycles. The molecule has 34 heavy (non-hydrogen) atoms. The van der Waals surface area contributed by atoms with Gasteiger partial charge in [0.05, 0.1) is 0 Å². The number of anilines is 1. The third kappa shape index (κ3) is 4.78. The van der Waals surface area contributed by atoms with E-state index < -0.39 is 11.2 Å². The largest absolute Gasteiger partial charge is 0.508 e. The topological polar surface area (TPSA) is 133 Å². The van der Waals surface area contributed by atoms with Gasteiger partial charge in [-0.15, -0.1) is 0 Å². The maximum atomic E-state index is 12.5. The monoisotopic (exact) mass is 461 g/mol. The highest BCUT2D eigenvalue weighted by molar-refractivity contribution is 5.88. The van der Waals surface area contributed by atoms with Crippen molar-refractivity contribution < 1.29 is 9.90 Å². The highest BCUT2D eigenvalue weighted by atomic mass is 16.3. The van der Waals surface area contributed by atoms with Crippen LogP contribution in [0.15, 0.2) is 58.1 Å². The minimum atomic E-state index is -0.520. The van der Waals surface area contributed by atoms with Gasteiger partial charge >= 0.3 is 5.69 Å². The Kier molecular flexibility index (Phi) is 6.62. The van der Waals surface area contributed by atoms with Gasteiger partial charge in [-0.1, -0.05) is 43.7 Å². The molecule has 1 unspecified atom stereocenters. The number of rotatable bonds is 8. The molecule has 0 aliphatic heterocycles. The second-order valence-corrected chi connectivity index (χ2v) is 8.27. The number of phenolic OH excluding ortho intramolecular Hbond substituents is 1. The van der Waals surface area contributed by atoms with Crippen LogP contribution >= 0.6 is 0 Å². The Labute approximate surface area is 195 Å². The molecule has 9 nitrogen and oxygen atoms in total. The summed E-state index contributed by atoms with van der Waals surface area (Å²) in [5.74, 6) is 0.157. The Morgan fingerprint density at radius 2 is 1.85 bits per heavy atom. The lowest BCUT2D eigenvalue weighted by molar-refractivity contribution is -0.114. The maximum absolute atomic E-state index is 12.5. The number of phenols is 1. The number of fused-ring (bicyclic) bond motifs is 1. The predicted molar refractivity (Wildman–Crippen MR) is 130 cm³/mol. The minimum Gasteiger partial charge on any atom is -0.508 e. The molecule has 1 amide bonds. The minimum absolute atomic E-state index is 0.163. The van der Waals surface area contributed by atoms with Gasteiger partial charge in [-0.05, 0) is 42.2 Å². The van der Waals surface area contributed by atoms with E-state index in [9.17, 15) is 19.5 Å². The third-order valence-electron chi connectivity index (χ3n) is 5.77. The molecule has 0 saturated heterocycles. The van der Waals surface area contributed by atoms with Crippen LogP contribution in [0.2, 0.25) is 0 Å². The van der Waals surface area contributed by atoms with Crippen LogP contribution in [0.1, 0.15) is 49.6 Å². The van der Waals surface area contributed by atoms with Crippen LogP contribution in [-0.2, 0) is 17.8 Å². The molecule has 2 heterocycles. The standard InChI is InChI=1S/C25H27N5O4/c1-3-4-13-30-23-21(24(33)29-25(30)34)27-22(28-23)19(14-17-7-5-6-8-20(17)32)16-9-11-18(12-10-16)26-15(2)31/h5-12,19,32H,3-4,13-14H2,1-2H3,(H,26,31)(H,27,28)(H,29,33,34). The molecule has 0 aliphatic rings. The number of benzene rings is 2. The molecule has 4 rings (SSSR count). The lowest BCUT2D eigenvalue weighted by Crippen LogP contribution is -2.30. The van der Waals surface area contributed by atoms with Crippen molar-refractivity contribution in [1.29, 1.82) is 0 Å². The van der Waals surface area contributed by atoms with Gasteiger partial charge in [-0.25, -0.2) is 9.78 Å². The number of nitrogens with zero attached hydrogens (tertiary/aromatic N) is 2. The van der Waals surface area contributed by atoms with Crippen LogP contribution in [-0.4, -0.2) is 30.5 Å². The van der Waals surface area contributed by atoms with Crippen LogP contribution in [0.3, 0.4) is 0 Å². The summed E-state index contributed by atoms with van der Waals surface area (Å²) in [5, 5.41) is 13.1. The number of unbranched alkanes of at least 4 members (excludes halogenated alkanes) is 1. The van der Waals surface area contributed by atoms with Crippen molar-refractivity contribution in [2.75, 3.05) is 5.32 Å². The van der Waals surface area contributed by atoms with E-state index >= 15 is 0 Å². The number of hydrogen-bond acceptors (Lipinski definition) is 5. The number of H-pyrrole nitrogens is 2. The first-order valence-electron chi connectivity index (χ1n) is 11.2. The highest BCUT2D eigenvalue weighted by Gasteiger charge is 2.23. The number of aromatic nitrogens is 4. The van der Waals surface area contributed by atoms with Gasteiger partial charge in [0.1, 0.15) is 17.1 Å². The highest BCUT2D eigenvalue weighted by Crippen LogP contribution is 2.31. The summed E-state index contributed by atoms with van der Waals surface area (Å²) in [6.07, 6.45) is 2.07. The zero-order valence-corrected chi connectivity index (χ0v) is 19.1. The van der Waals surface area contributed by atoms with E-state index in [2.05, 4.69) is 15.3 Å². The summed E-state index contributed by atoms with van der Waals surface area (Å²) in [5.41, 5.74) is 1.80. The van der Waals surface area contributed by atoms with Crippen molar-refractivity contribution in [1.82, 2.24) is 19.5 Å². The summed E-state index contributed by atoms with van der Waals surface area (Å²) in [6.45, 7) is 3.91. The van der Waals surface area contributed by atoms with Crippen molar-refractivity contribution in [3.8, 4) is 5.75 Å². The molecule has 0 bridgehead atoms. The molecule has 9 heteroatoms. The molecule has 0 fully saturated rings. The molecule has 4 N–H and O–H groups in total. The van der Waals surface area contributed by atoms with E-state index in [1.165, 1.54) is 11.5 Å². The average Bonchev–Trinajstić information content (AvgIpc) is 3.24. The molecule has 2 aromatic heterocycles. The number of aromatic amines is 2. The summed E-state index contributed by atoms with van der Waals surface area (Å²) in [4.78, 5) is 46.6. The molecule has 0 saturated carbocycles. The summed E-state index contributed by atoms with van der Waals surface area (Å²) < 4.78 is 1.48. The number of carbonyl (C=O) groups excluding carboxylic acids is 1. The van der Waals surface area contributed by atoms with Gasteiger partial charge in [0, 0.05) is 25.1 Å². The Morgan fingerprint density at radius 1 is 1.12 bits per heavy atom.